The molecule has 0 saturated carbocycles. The molecule has 2 N–H and O–H groups in total. The Morgan fingerprint density at radius 3 is 1.58 bits per heavy atom. The number of anilines is 2. The topological polar surface area (TPSA) is 99.7 Å². The van der Waals surface area contributed by atoms with Gasteiger partial charge in [0.15, 0.2) is 0 Å². The highest BCUT2D eigenvalue weighted by Crippen LogP contribution is 2.30. The molecule has 55 heavy (non-hydrogen) atoms. The third kappa shape index (κ3) is 9.30. The van der Waals surface area contributed by atoms with Gasteiger partial charge in [-0.3, -0.25) is 9.59 Å². The number of carbonyl (C=O) groups excluding carboxylic acids is 2. The van der Waals surface area contributed by atoms with E-state index in [1.54, 1.807) is 19.2 Å². The Labute approximate surface area is 331 Å². The molecule has 0 spiro atoms. The van der Waals surface area contributed by atoms with Crippen molar-refractivity contribution in [2.24, 2.45) is 0 Å². The maximum Gasteiger partial charge on any atom is 0.251 e. The highest BCUT2D eigenvalue weighted by Gasteiger charge is 2.25. The molecule has 2 fully saturated rings. The number of ether oxygens (including phenoxy) is 1. The Bertz CT molecular complexity index is 2300. The zero-order valence-electron chi connectivity index (χ0n) is 31.0. The van der Waals surface area contributed by atoms with Crippen LogP contribution < -0.4 is 25.2 Å². The molecule has 0 unspecified atom stereocenters. The molecular formula is C44H44Cl2N6O3. The van der Waals surface area contributed by atoms with Gasteiger partial charge in [0.2, 0.25) is 0 Å². The summed E-state index contributed by atoms with van der Waals surface area (Å²) in [6, 6.07) is 31.0. The summed E-state index contributed by atoms with van der Waals surface area (Å²) in [5, 5.41) is 12.2. The average molecular weight is 776 g/mol. The minimum atomic E-state index is -0.0599. The van der Waals surface area contributed by atoms with Crippen molar-refractivity contribution in [1.82, 2.24) is 20.6 Å². The van der Waals surface area contributed by atoms with Crippen LogP contribution in [0.2, 0.25) is 10.0 Å². The maximum absolute atomic E-state index is 12.5. The van der Waals surface area contributed by atoms with Gasteiger partial charge < -0.3 is 25.2 Å². The molecule has 2 aromatic heterocycles. The number of piperidine rings is 2. The van der Waals surface area contributed by atoms with E-state index in [1.165, 1.54) is 0 Å². The molecule has 11 heteroatoms. The molecule has 2 amide bonds. The summed E-state index contributed by atoms with van der Waals surface area (Å²) in [5.74, 6) is 2.61. The molecule has 2 saturated heterocycles. The minimum absolute atomic E-state index is 0.00933. The van der Waals surface area contributed by atoms with Gasteiger partial charge in [-0.25, -0.2) is 9.97 Å². The molecule has 4 aromatic carbocycles. The van der Waals surface area contributed by atoms with E-state index in [9.17, 15) is 9.59 Å². The molecule has 0 atom stereocenters. The van der Waals surface area contributed by atoms with Gasteiger partial charge in [-0.15, -0.1) is 0 Å². The van der Waals surface area contributed by atoms with Crippen LogP contribution in [0.15, 0.2) is 109 Å². The number of fused-ring (bicyclic) bond motifs is 2. The van der Waals surface area contributed by atoms with Crippen molar-refractivity contribution < 1.29 is 14.3 Å². The summed E-state index contributed by atoms with van der Waals surface area (Å²) < 4.78 is 5.20. The first-order chi connectivity index (χ1) is 26.7. The van der Waals surface area contributed by atoms with E-state index >= 15 is 0 Å². The average Bonchev–Trinajstić information content (AvgIpc) is 3.21. The number of aromatic nitrogens is 2. The van der Waals surface area contributed by atoms with E-state index in [4.69, 9.17) is 27.9 Å². The number of aryl methyl sites for hydroxylation is 1. The second kappa shape index (κ2) is 17.4. The maximum atomic E-state index is 12.5. The molecule has 8 rings (SSSR count). The number of carbonyl (C=O) groups is 2. The summed E-state index contributed by atoms with van der Waals surface area (Å²) in [4.78, 5) is 38.8. The van der Waals surface area contributed by atoms with Gasteiger partial charge in [-0.1, -0.05) is 47.0 Å². The van der Waals surface area contributed by atoms with Crippen molar-refractivity contribution in [1.29, 1.82) is 0 Å². The number of nitrogens with one attached hydrogen (secondary N) is 2. The number of nitrogens with zero attached hydrogens (tertiary/aromatic N) is 4. The monoisotopic (exact) mass is 774 g/mol. The largest absolute Gasteiger partial charge is 0.497 e. The summed E-state index contributed by atoms with van der Waals surface area (Å²) in [6.45, 7) is 5.43. The van der Waals surface area contributed by atoms with Crippen LogP contribution in [-0.2, 0) is 0 Å². The van der Waals surface area contributed by atoms with Gasteiger partial charge in [0.25, 0.3) is 11.8 Å². The zero-order valence-corrected chi connectivity index (χ0v) is 32.5. The third-order valence-corrected chi connectivity index (χ3v) is 10.8. The van der Waals surface area contributed by atoms with Crippen LogP contribution in [0.3, 0.4) is 0 Å². The zero-order chi connectivity index (χ0) is 38.3. The highest BCUT2D eigenvalue weighted by atomic mass is 35.5. The first-order valence-electron chi connectivity index (χ1n) is 18.6. The lowest BCUT2D eigenvalue weighted by Crippen LogP contribution is -2.45. The first-order valence-corrected chi connectivity index (χ1v) is 19.4. The fourth-order valence-corrected chi connectivity index (χ4v) is 7.69. The van der Waals surface area contributed by atoms with E-state index in [1.807, 2.05) is 104 Å². The van der Waals surface area contributed by atoms with Gasteiger partial charge >= 0.3 is 0 Å². The number of methoxy groups -OCH3 is 1. The van der Waals surface area contributed by atoms with Crippen LogP contribution in [0.4, 0.5) is 11.6 Å². The molecule has 6 aromatic rings. The van der Waals surface area contributed by atoms with Crippen molar-refractivity contribution in [3.05, 3.63) is 136 Å². The molecule has 0 bridgehead atoms. The number of rotatable bonds is 7. The van der Waals surface area contributed by atoms with Crippen molar-refractivity contribution in [2.75, 3.05) is 43.1 Å². The number of benzene rings is 4. The second-order valence-electron chi connectivity index (χ2n) is 14.1. The predicted molar refractivity (Wildman–Crippen MR) is 223 cm³/mol. The number of amides is 2. The van der Waals surface area contributed by atoms with E-state index in [0.717, 1.165) is 106 Å². The van der Waals surface area contributed by atoms with Crippen molar-refractivity contribution in [3.63, 3.8) is 0 Å². The Balaban J connectivity index is 0.000000169. The quantitative estimate of drug-likeness (QED) is 0.167. The highest BCUT2D eigenvalue weighted by molar-refractivity contribution is 6.31. The molecule has 2 aliphatic rings. The summed E-state index contributed by atoms with van der Waals surface area (Å²) in [7, 11) is 1.60. The normalized spacial score (nSPS) is 15.0. The SMILES string of the molecule is COc1cccc(C(=O)NC2CCN(c3nccc4cc(Cl)ccc34)CC2)c1.Cc1cccc(C(=O)NC2CCN(c3nccc4cc(Cl)ccc34)CC2)c1. The lowest BCUT2D eigenvalue weighted by Gasteiger charge is -2.33. The Hall–Kier alpha value is -5.38. The van der Waals surface area contributed by atoms with E-state index in [2.05, 4.69) is 30.4 Å². The second-order valence-corrected chi connectivity index (χ2v) is 14.9. The van der Waals surface area contributed by atoms with Crippen LogP contribution in [0.1, 0.15) is 52.0 Å². The molecule has 0 aliphatic carbocycles. The Kier molecular flexibility index (Phi) is 12.0. The minimum Gasteiger partial charge on any atom is -0.497 e. The molecule has 4 heterocycles. The smallest absolute Gasteiger partial charge is 0.251 e. The van der Waals surface area contributed by atoms with Crippen molar-refractivity contribution in [2.45, 2.75) is 44.7 Å². The first kappa shape index (κ1) is 37.9. The molecule has 2 aliphatic heterocycles. The number of pyridine rings is 2. The predicted octanol–water partition coefficient (Wildman–Crippen LogP) is 8.89. The van der Waals surface area contributed by atoms with E-state index in [0.29, 0.717) is 11.3 Å². The molecular weight excluding hydrogens is 731 g/mol. The van der Waals surface area contributed by atoms with Crippen molar-refractivity contribution in [3.8, 4) is 5.75 Å². The molecule has 0 radical (unpaired) electrons. The van der Waals surface area contributed by atoms with Crippen molar-refractivity contribution >= 4 is 68.2 Å². The van der Waals surface area contributed by atoms with Crippen LogP contribution >= 0.6 is 23.2 Å². The lowest BCUT2D eigenvalue weighted by molar-refractivity contribution is 0.0922. The van der Waals surface area contributed by atoms with Gasteiger partial charge in [-0.05, 0) is 122 Å². The van der Waals surface area contributed by atoms with Gasteiger partial charge in [0, 0.05) is 82.6 Å². The van der Waals surface area contributed by atoms with Crippen LogP contribution in [0.25, 0.3) is 21.5 Å². The van der Waals surface area contributed by atoms with Gasteiger partial charge in [0.1, 0.15) is 17.4 Å². The van der Waals surface area contributed by atoms with Gasteiger partial charge in [-0.2, -0.15) is 0 Å². The van der Waals surface area contributed by atoms with Crippen LogP contribution in [-0.4, -0.2) is 67.2 Å². The fraction of sp³-hybridized carbons (Fsp3) is 0.273. The number of hydrogen-bond acceptors (Lipinski definition) is 7. The Morgan fingerprint density at radius 1 is 0.636 bits per heavy atom. The number of hydrogen-bond donors (Lipinski definition) is 2. The molecule has 9 nitrogen and oxygen atoms in total. The van der Waals surface area contributed by atoms with Crippen LogP contribution in [0, 0.1) is 6.92 Å². The Morgan fingerprint density at radius 2 is 1.11 bits per heavy atom. The lowest BCUT2D eigenvalue weighted by atomic mass is 10.0. The summed E-state index contributed by atoms with van der Waals surface area (Å²) >= 11 is 12.2. The van der Waals surface area contributed by atoms with E-state index in [-0.39, 0.29) is 23.9 Å². The van der Waals surface area contributed by atoms with Gasteiger partial charge in [0.05, 0.1) is 7.11 Å². The van der Waals surface area contributed by atoms with E-state index < -0.39 is 0 Å². The summed E-state index contributed by atoms with van der Waals surface area (Å²) in [5.41, 5.74) is 2.44. The third-order valence-electron chi connectivity index (χ3n) is 10.3. The summed E-state index contributed by atoms with van der Waals surface area (Å²) in [6.07, 6.45) is 7.22. The van der Waals surface area contributed by atoms with Crippen LogP contribution in [0.5, 0.6) is 5.75 Å². The molecule has 282 valence electrons. The standard InChI is InChI=1S/C22H22ClN3O2.C22H22ClN3O/c1-28-19-4-2-3-16(14-19)22(27)25-18-8-11-26(12-9-18)21-20-6-5-17(23)13-15(20)7-10-24-21;1-15-3-2-4-17(13-15)22(27)25-19-8-11-26(12-9-19)21-20-6-5-18(23)14-16(20)7-10-24-21/h2-7,10,13-14,18H,8-9,11-12H2,1H3,(H,25,27);2-7,10,13-14,19H,8-9,11-12H2,1H3,(H,25,27). The number of halogens is 2. The fourth-order valence-electron chi connectivity index (χ4n) is 7.33.